The van der Waals surface area contributed by atoms with E-state index in [0.717, 1.165) is 36.5 Å². The summed E-state index contributed by atoms with van der Waals surface area (Å²) in [5.74, 6) is -0.216. The minimum Gasteiger partial charge on any atom is -0.337 e. The largest absolute Gasteiger partial charge is 0.433 e. The fourth-order valence-corrected chi connectivity index (χ4v) is 2.83. The lowest BCUT2D eigenvalue weighted by Crippen LogP contribution is -2.38. The summed E-state index contributed by atoms with van der Waals surface area (Å²) in [6.45, 7) is 1.57. The Morgan fingerprint density at radius 3 is 2.83 bits per heavy atom. The van der Waals surface area contributed by atoms with Gasteiger partial charge in [0.05, 0.1) is 11.9 Å². The second-order valence-corrected chi connectivity index (χ2v) is 5.74. The highest BCUT2D eigenvalue weighted by Gasteiger charge is 2.35. The monoisotopic (exact) mass is 338 g/mol. The van der Waals surface area contributed by atoms with Crippen LogP contribution in [0.25, 0.3) is 5.69 Å². The number of carbonyl (C=O) groups is 1. The van der Waals surface area contributed by atoms with Crippen LogP contribution in [-0.4, -0.2) is 46.8 Å². The third kappa shape index (κ3) is 3.14. The number of nitrogens with one attached hydrogen (secondary N) is 1. The van der Waals surface area contributed by atoms with E-state index in [1.54, 1.807) is 24.1 Å². The lowest BCUT2D eigenvalue weighted by molar-refractivity contribution is -0.142. The first-order valence-corrected chi connectivity index (χ1v) is 7.57. The molecule has 8 heteroatoms. The van der Waals surface area contributed by atoms with Crippen LogP contribution in [-0.2, 0) is 6.18 Å². The van der Waals surface area contributed by atoms with Gasteiger partial charge in [0.25, 0.3) is 5.91 Å². The predicted molar refractivity (Wildman–Crippen MR) is 81.9 cm³/mol. The zero-order valence-electron chi connectivity index (χ0n) is 13.0. The minimum atomic E-state index is -4.51. The molecule has 0 radical (unpaired) electrons. The molecule has 0 saturated carbocycles. The molecule has 24 heavy (non-hydrogen) atoms. The predicted octanol–water partition coefficient (Wildman–Crippen LogP) is 2.33. The third-order valence-electron chi connectivity index (χ3n) is 4.17. The first-order valence-electron chi connectivity index (χ1n) is 7.57. The zero-order chi connectivity index (χ0) is 17.3. The van der Waals surface area contributed by atoms with E-state index >= 15 is 0 Å². The van der Waals surface area contributed by atoms with Crippen LogP contribution in [0.1, 0.15) is 22.5 Å². The van der Waals surface area contributed by atoms with Crippen LogP contribution in [0.5, 0.6) is 0 Å². The molecule has 1 amide bonds. The summed E-state index contributed by atoms with van der Waals surface area (Å²) >= 11 is 0. The van der Waals surface area contributed by atoms with Crippen LogP contribution < -0.4 is 5.32 Å². The normalized spacial score (nSPS) is 17.9. The number of benzene rings is 1. The van der Waals surface area contributed by atoms with Crippen LogP contribution in [0.3, 0.4) is 0 Å². The molecule has 1 fully saturated rings. The highest BCUT2D eigenvalue weighted by atomic mass is 19.4. The Kier molecular flexibility index (Phi) is 4.31. The Morgan fingerprint density at radius 1 is 1.38 bits per heavy atom. The number of nitrogens with zero attached hydrogens (tertiary/aromatic N) is 3. The molecule has 5 nitrogen and oxygen atoms in total. The molecule has 0 spiro atoms. The Labute approximate surface area is 137 Å². The van der Waals surface area contributed by atoms with Crippen molar-refractivity contribution in [1.29, 1.82) is 0 Å². The summed E-state index contributed by atoms with van der Waals surface area (Å²) in [4.78, 5) is 14.2. The molecule has 1 aliphatic rings. The SMILES string of the molecule is CN(C(=O)c1cccc(-n2nccc2C(F)(F)F)c1)[C@H]1CCNC1. The van der Waals surface area contributed by atoms with Crippen molar-refractivity contribution in [3.63, 3.8) is 0 Å². The number of alkyl halides is 3. The van der Waals surface area contributed by atoms with Gasteiger partial charge in [-0.2, -0.15) is 18.3 Å². The quantitative estimate of drug-likeness (QED) is 0.934. The molecule has 3 rings (SSSR count). The molecule has 0 bridgehead atoms. The number of likely N-dealkylation sites (N-methyl/N-ethyl adjacent to an activating group) is 1. The molecule has 0 aliphatic carbocycles. The van der Waals surface area contributed by atoms with Gasteiger partial charge in [-0.05, 0) is 37.2 Å². The highest BCUT2D eigenvalue weighted by molar-refractivity contribution is 5.94. The Balaban J connectivity index is 1.90. The van der Waals surface area contributed by atoms with E-state index in [2.05, 4.69) is 10.4 Å². The number of amides is 1. The van der Waals surface area contributed by atoms with Gasteiger partial charge >= 0.3 is 6.18 Å². The summed E-state index contributed by atoms with van der Waals surface area (Å²) in [6.07, 6.45) is -2.56. The fraction of sp³-hybridized carbons (Fsp3) is 0.375. The Morgan fingerprint density at radius 2 is 2.17 bits per heavy atom. The van der Waals surface area contributed by atoms with E-state index in [1.165, 1.54) is 12.1 Å². The van der Waals surface area contributed by atoms with Crippen molar-refractivity contribution >= 4 is 5.91 Å². The minimum absolute atomic E-state index is 0.0941. The molecule has 1 atom stereocenters. The average molecular weight is 338 g/mol. The molecule has 1 aromatic heterocycles. The Bertz CT molecular complexity index is 735. The third-order valence-corrected chi connectivity index (χ3v) is 4.17. The van der Waals surface area contributed by atoms with Gasteiger partial charge in [-0.1, -0.05) is 6.07 Å². The zero-order valence-corrected chi connectivity index (χ0v) is 13.0. The number of hydrogen-bond acceptors (Lipinski definition) is 3. The number of aromatic nitrogens is 2. The molecule has 128 valence electrons. The van der Waals surface area contributed by atoms with Gasteiger partial charge in [0.2, 0.25) is 0 Å². The van der Waals surface area contributed by atoms with Crippen LogP contribution >= 0.6 is 0 Å². The van der Waals surface area contributed by atoms with Crippen molar-refractivity contribution in [2.75, 3.05) is 20.1 Å². The molecule has 2 heterocycles. The van der Waals surface area contributed by atoms with E-state index in [1.807, 2.05) is 0 Å². The molecule has 1 aromatic carbocycles. The fourth-order valence-electron chi connectivity index (χ4n) is 2.83. The van der Waals surface area contributed by atoms with Crippen molar-refractivity contribution in [2.24, 2.45) is 0 Å². The van der Waals surface area contributed by atoms with Crippen molar-refractivity contribution in [3.8, 4) is 5.69 Å². The first-order chi connectivity index (χ1) is 11.4. The number of carbonyl (C=O) groups excluding carboxylic acids is 1. The van der Waals surface area contributed by atoms with E-state index in [0.29, 0.717) is 5.56 Å². The summed E-state index contributed by atoms with van der Waals surface area (Å²) < 4.78 is 39.8. The van der Waals surface area contributed by atoms with Crippen LogP contribution in [0.15, 0.2) is 36.5 Å². The van der Waals surface area contributed by atoms with Gasteiger partial charge in [-0.15, -0.1) is 0 Å². The standard InChI is InChI=1S/C16H17F3N4O/c1-22(13-5-7-20-10-13)15(24)11-3-2-4-12(9-11)23-14(6-8-21-23)16(17,18)19/h2-4,6,8-9,13,20H,5,7,10H2,1H3/t13-/m0/s1. The van der Waals surface area contributed by atoms with E-state index < -0.39 is 11.9 Å². The molecular weight excluding hydrogens is 321 g/mol. The van der Waals surface area contributed by atoms with Crippen LogP contribution in [0.2, 0.25) is 0 Å². The van der Waals surface area contributed by atoms with Crippen molar-refractivity contribution < 1.29 is 18.0 Å². The highest BCUT2D eigenvalue weighted by Crippen LogP contribution is 2.30. The second kappa shape index (κ2) is 6.27. The maximum absolute atomic E-state index is 13.0. The molecule has 2 aromatic rings. The van der Waals surface area contributed by atoms with Crippen molar-refractivity contribution in [3.05, 3.63) is 47.8 Å². The molecule has 1 aliphatic heterocycles. The van der Waals surface area contributed by atoms with Gasteiger partial charge < -0.3 is 10.2 Å². The summed E-state index contributed by atoms with van der Waals surface area (Å²) in [7, 11) is 1.71. The summed E-state index contributed by atoms with van der Waals surface area (Å²) in [5, 5.41) is 6.92. The Hall–Kier alpha value is -2.35. The average Bonchev–Trinajstić information content (AvgIpc) is 3.24. The van der Waals surface area contributed by atoms with Crippen LogP contribution in [0.4, 0.5) is 13.2 Å². The van der Waals surface area contributed by atoms with E-state index in [9.17, 15) is 18.0 Å². The maximum Gasteiger partial charge on any atom is 0.433 e. The lowest BCUT2D eigenvalue weighted by Gasteiger charge is -2.24. The van der Waals surface area contributed by atoms with Crippen molar-refractivity contribution in [1.82, 2.24) is 20.0 Å². The molecule has 0 unspecified atom stereocenters. The number of hydrogen-bond donors (Lipinski definition) is 1. The molecule has 1 saturated heterocycles. The lowest BCUT2D eigenvalue weighted by atomic mass is 10.1. The number of rotatable bonds is 3. The van der Waals surface area contributed by atoms with Gasteiger partial charge in [0, 0.05) is 25.2 Å². The van der Waals surface area contributed by atoms with Gasteiger partial charge in [-0.3, -0.25) is 4.79 Å². The topological polar surface area (TPSA) is 50.2 Å². The van der Waals surface area contributed by atoms with E-state index in [-0.39, 0.29) is 17.6 Å². The molecule has 1 N–H and O–H groups in total. The van der Waals surface area contributed by atoms with E-state index in [4.69, 9.17) is 0 Å². The summed E-state index contributed by atoms with van der Waals surface area (Å²) in [5.41, 5.74) is -0.331. The van der Waals surface area contributed by atoms with Gasteiger partial charge in [0.15, 0.2) is 0 Å². The van der Waals surface area contributed by atoms with Crippen LogP contribution in [0, 0.1) is 0 Å². The molecular formula is C16H17F3N4O. The first kappa shape index (κ1) is 16.5. The summed E-state index contributed by atoms with van der Waals surface area (Å²) in [6, 6.07) is 7.09. The second-order valence-electron chi connectivity index (χ2n) is 5.74. The van der Waals surface area contributed by atoms with Gasteiger partial charge in [-0.25, -0.2) is 4.68 Å². The smallest absolute Gasteiger partial charge is 0.337 e. The maximum atomic E-state index is 13.0. The number of halogens is 3. The van der Waals surface area contributed by atoms with Crippen molar-refractivity contribution in [2.45, 2.75) is 18.6 Å². The van der Waals surface area contributed by atoms with Gasteiger partial charge in [0.1, 0.15) is 5.69 Å².